The van der Waals surface area contributed by atoms with E-state index >= 15 is 0 Å². The summed E-state index contributed by atoms with van der Waals surface area (Å²) < 4.78 is 11.5. The molecule has 0 unspecified atom stereocenters. The maximum absolute atomic E-state index is 12.8. The third-order valence-corrected chi connectivity index (χ3v) is 6.11. The van der Waals surface area contributed by atoms with Crippen molar-refractivity contribution >= 4 is 17.5 Å². The molecule has 0 bridgehead atoms. The Labute approximate surface area is 211 Å². The number of nitrogens with one attached hydrogen (secondary N) is 1. The van der Waals surface area contributed by atoms with Gasteiger partial charge in [0, 0.05) is 30.8 Å². The van der Waals surface area contributed by atoms with Gasteiger partial charge < -0.3 is 19.7 Å². The second-order valence-electron chi connectivity index (χ2n) is 8.68. The van der Waals surface area contributed by atoms with Crippen LogP contribution in [0.3, 0.4) is 0 Å². The predicted molar refractivity (Wildman–Crippen MR) is 136 cm³/mol. The van der Waals surface area contributed by atoms with Crippen LogP contribution in [0, 0.1) is 17.2 Å². The van der Waals surface area contributed by atoms with Gasteiger partial charge in [-0.25, -0.2) is 0 Å². The molecule has 3 aromatic rings. The summed E-state index contributed by atoms with van der Waals surface area (Å²) in [6.45, 7) is 1.79. The van der Waals surface area contributed by atoms with Gasteiger partial charge in [0.1, 0.15) is 18.1 Å². The van der Waals surface area contributed by atoms with Gasteiger partial charge >= 0.3 is 0 Å². The maximum Gasteiger partial charge on any atom is 0.227 e. The van der Waals surface area contributed by atoms with Crippen LogP contribution in [0.4, 0.5) is 5.69 Å². The zero-order valence-electron chi connectivity index (χ0n) is 20.1. The van der Waals surface area contributed by atoms with Crippen LogP contribution in [-0.4, -0.2) is 36.4 Å². The summed E-state index contributed by atoms with van der Waals surface area (Å²) in [5.74, 6) is 1.24. The van der Waals surface area contributed by atoms with Crippen molar-refractivity contribution < 1.29 is 19.1 Å². The van der Waals surface area contributed by atoms with Crippen molar-refractivity contribution in [1.29, 1.82) is 5.26 Å². The van der Waals surface area contributed by atoms with Gasteiger partial charge in [-0.1, -0.05) is 36.4 Å². The first-order chi connectivity index (χ1) is 17.6. The summed E-state index contributed by atoms with van der Waals surface area (Å²) in [5.41, 5.74) is 2.15. The number of anilines is 1. The summed E-state index contributed by atoms with van der Waals surface area (Å²) in [6, 6.07) is 26.1. The standard InChI is InChI=1S/C29H29N3O4/c30-20-22-6-4-7-23(18-22)21-36-27-11-5-8-25(19-27)31-29(34)24-12-15-32(16-13-24)28(33)14-17-35-26-9-2-1-3-10-26/h1-11,18-19,24H,12-17,21H2,(H,31,34). The van der Waals surface area contributed by atoms with Crippen LogP contribution in [0.15, 0.2) is 78.9 Å². The predicted octanol–water partition coefficient (Wildman–Crippen LogP) is 4.78. The minimum Gasteiger partial charge on any atom is -0.493 e. The minimum absolute atomic E-state index is 0.0478. The molecular weight excluding hydrogens is 454 g/mol. The molecule has 1 aliphatic rings. The molecule has 0 spiro atoms. The topological polar surface area (TPSA) is 91.7 Å². The smallest absolute Gasteiger partial charge is 0.227 e. The van der Waals surface area contributed by atoms with E-state index < -0.39 is 0 Å². The molecule has 1 N–H and O–H groups in total. The molecular formula is C29H29N3O4. The van der Waals surface area contributed by atoms with E-state index in [-0.39, 0.29) is 17.7 Å². The molecule has 0 aromatic heterocycles. The summed E-state index contributed by atoms with van der Waals surface area (Å²) in [7, 11) is 0. The Kier molecular flexibility index (Phi) is 8.55. The Balaban J connectivity index is 1.20. The van der Waals surface area contributed by atoms with E-state index in [0.717, 1.165) is 11.3 Å². The molecule has 7 heteroatoms. The number of nitrogens with zero attached hydrogens (tertiary/aromatic N) is 2. The number of hydrogen-bond donors (Lipinski definition) is 1. The Morgan fingerprint density at radius 3 is 2.44 bits per heavy atom. The first-order valence-electron chi connectivity index (χ1n) is 12.1. The van der Waals surface area contributed by atoms with E-state index in [9.17, 15) is 9.59 Å². The maximum atomic E-state index is 12.8. The number of amides is 2. The quantitative estimate of drug-likeness (QED) is 0.473. The molecule has 1 fully saturated rings. The number of benzene rings is 3. The van der Waals surface area contributed by atoms with Crippen LogP contribution >= 0.6 is 0 Å². The van der Waals surface area contributed by atoms with Crippen molar-refractivity contribution in [3.8, 4) is 17.6 Å². The molecule has 0 radical (unpaired) electrons. The van der Waals surface area contributed by atoms with Gasteiger partial charge in [-0.05, 0) is 54.8 Å². The molecule has 2 amide bonds. The first kappa shape index (κ1) is 24.8. The van der Waals surface area contributed by atoms with Crippen molar-refractivity contribution in [2.75, 3.05) is 25.0 Å². The van der Waals surface area contributed by atoms with Gasteiger partial charge in [0.05, 0.1) is 24.7 Å². The number of para-hydroxylation sites is 1. The van der Waals surface area contributed by atoms with Crippen LogP contribution in [0.5, 0.6) is 11.5 Å². The minimum atomic E-state index is -0.145. The molecule has 1 heterocycles. The molecule has 0 aliphatic carbocycles. The van der Waals surface area contributed by atoms with Crippen LogP contribution < -0.4 is 14.8 Å². The number of nitriles is 1. The van der Waals surface area contributed by atoms with Crippen molar-refractivity contribution in [3.05, 3.63) is 90.0 Å². The van der Waals surface area contributed by atoms with Crippen molar-refractivity contribution in [2.45, 2.75) is 25.9 Å². The van der Waals surface area contributed by atoms with Crippen LogP contribution in [0.1, 0.15) is 30.4 Å². The lowest BCUT2D eigenvalue weighted by Crippen LogP contribution is -2.41. The third-order valence-electron chi connectivity index (χ3n) is 6.11. The SMILES string of the molecule is N#Cc1cccc(COc2cccc(NC(=O)C3CCN(C(=O)CCOc4ccccc4)CC3)c2)c1. The highest BCUT2D eigenvalue weighted by molar-refractivity contribution is 5.93. The monoisotopic (exact) mass is 483 g/mol. The molecule has 36 heavy (non-hydrogen) atoms. The highest BCUT2D eigenvalue weighted by atomic mass is 16.5. The number of carbonyl (C=O) groups excluding carboxylic acids is 2. The zero-order chi connectivity index (χ0) is 25.2. The number of piperidine rings is 1. The second kappa shape index (κ2) is 12.4. The fraction of sp³-hybridized carbons (Fsp3) is 0.276. The summed E-state index contributed by atoms with van der Waals surface area (Å²) in [4.78, 5) is 27.2. The van der Waals surface area contributed by atoms with E-state index in [1.54, 1.807) is 18.2 Å². The highest BCUT2D eigenvalue weighted by Gasteiger charge is 2.27. The first-order valence-corrected chi connectivity index (χ1v) is 12.1. The second-order valence-corrected chi connectivity index (χ2v) is 8.68. The molecule has 1 aliphatic heterocycles. The largest absolute Gasteiger partial charge is 0.493 e. The lowest BCUT2D eigenvalue weighted by atomic mass is 9.95. The summed E-state index contributed by atoms with van der Waals surface area (Å²) in [6.07, 6.45) is 1.57. The van der Waals surface area contributed by atoms with Crippen molar-refractivity contribution in [1.82, 2.24) is 4.90 Å². The average molecular weight is 484 g/mol. The lowest BCUT2D eigenvalue weighted by Gasteiger charge is -2.31. The molecule has 184 valence electrons. The van der Waals surface area contributed by atoms with E-state index in [1.165, 1.54) is 0 Å². The van der Waals surface area contributed by atoms with Crippen LogP contribution in [-0.2, 0) is 16.2 Å². The van der Waals surface area contributed by atoms with E-state index in [1.807, 2.05) is 65.6 Å². The average Bonchev–Trinajstić information content (AvgIpc) is 2.93. The number of hydrogen-bond acceptors (Lipinski definition) is 5. The Hall–Kier alpha value is -4.31. The van der Waals surface area contributed by atoms with Gasteiger partial charge in [0.15, 0.2) is 0 Å². The number of rotatable bonds is 9. The lowest BCUT2D eigenvalue weighted by molar-refractivity contribution is -0.135. The molecule has 0 atom stereocenters. The molecule has 4 rings (SSSR count). The van der Waals surface area contributed by atoms with Gasteiger partial charge in [-0.2, -0.15) is 5.26 Å². The van der Waals surface area contributed by atoms with Crippen molar-refractivity contribution in [2.24, 2.45) is 5.92 Å². The summed E-state index contributed by atoms with van der Waals surface area (Å²) >= 11 is 0. The van der Waals surface area contributed by atoms with E-state index in [0.29, 0.717) is 62.6 Å². The normalized spacial score (nSPS) is 13.5. The molecule has 0 saturated carbocycles. The molecule has 3 aromatic carbocycles. The Morgan fingerprint density at radius 1 is 0.917 bits per heavy atom. The number of likely N-dealkylation sites (tertiary alicyclic amines) is 1. The van der Waals surface area contributed by atoms with Crippen LogP contribution in [0.2, 0.25) is 0 Å². The fourth-order valence-electron chi connectivity index (χ4n) is 4.13. The van der Waals surface area contributed by atoms with Crippen LogP contribution in [0.25, 0.3) is 0 Å². The zero-order valence-corrected chi connectivity index (χ0v) is 20.1. The number of ether oxygens (including phenoxy) is 2. The Morgan fingerprint density at radius 2 is 1.67 bits per heavy atom. The summed E-state index contributed by atoms with van der Waals surface area (Å²) in [5, 5.41) is 12.0. The molecule has 7 nitrogen and oxygen atoms in total. The number of carbonyl (C=O) groups is 2. The van der Waals surface area contributed by atoms with Gasteiger partial charge in [-0.3, -0.25) is 9.59 Å². The van der Waals surface area contributed by atoms with Gasteiger partial charge in [0.2, 0.25) is 11.8 Å². The molecule has 1 saturated heterocycles. The Bertz CT molecular complexity index is 1210. The van der Waals surface area contributed by atoms with Crippen molar-refractivity contribution in [3.63, 3.8) is 0 Å². The van der Waals surface area contributed by atoms with E-state index in [4.69, 9.17) is 14.7 Å². The fourth-order valence-corrected chi connectivity index (χ4v) is 4.13. The van der Waals surface area contributed by atoms with Gasteiger partial charge in [-0.15, -0.1) is 0 Å². The highest BCUT2D eigenvalue weighted by Crippen LogP contribution is 2.23. The van der Waals surface area contributed by atoms with Gasteiger partial charge in [0.25, 0.3) is 0 Å². The van der Waals surface area contributed by atoms with E-state index in [2.05, 4.69) is 11.4 Å². The third kappa shape index (κ3) is 7.09.